The van der Waals surface area contributed by atoms with Gasteiger partial charge in [0, 0.05) is 90.2 Å². The van der Waals surface area contributed by atoms with Crippen LogP contribution in [0.5, 0.6) is 0 Å². The average Bonchev–Trinajstić information content (AvgIpc) is 2.78. The molecule has 1 aliphatic rings. The Kier molecular flexibility index (Phi) is 16.2. The van der Waals surface area contributed by atoms with Crippen molar-refractivity contribution in [1.29, 1.82) is 0 Å². The molecule has 2 amide bonds. The Labute approximate surface area is 206 Å². The highest BCUT2D eigenvalue weighted by molar-refractivity contribution is 5.79. The predicted octanol–water partition coefficient (Wildman–Crippen LogP) is -2.71. The van der Waals surface area contributed by atoms with Gasteiger partial charge in [0.15, 0.2) is 0 Å². The molecular weight excluding hydrogens is 434 g/mol. The maximum atomic E-state index is 12.8. The van der Waals surface area contributed by atoms with Crippen LogP contribution >= 0.6 is 0 Å². The van der Waals surface area contributed by atoms with E-state index in [1.807, 2.05) is 14.1 Å². The SMILES string of the molecule is CNC[C@]1(C)CNCCNC[C@@](CNC)(NC(=O)CCCC(=O)NCCCN)CNCCNC1. The number of carbonyl (C=O) groups excluding carboxylic acids is 2. The van der Waals surface area contributed by atoms with Gasteiger partial charge < -0.3 is 48.3 Å². The second-order valence-corrected chi connectivity index (χ2v) is 9.75. The van der Waals surface area contributed by atoms with E-state index in [9.17, 15) is 9.59 Å². The zero-order chi connectivity index (χ0) is 25.1. The largest absolute Gasteiger partial charge is 0.356 e. The first-order chi connectivity index (χ1) is 16.4. The van der Waals surface area contributed by atoms with Gasteiger partial charge in [0.2, 0.25) is 11.8 Å². The summed E-state index contributed by atoms with van der Waals surface area (Å²) >= 11 is 0. The molecule has 0 spiro atoms. The van der Waals surface area contributed by atoms with Crippen molar-refractivity contribution in [2.24, 2.45) is 11.1 Å². The molecule has 0 aliphatic carbocycles. The molecule has 200 valence electrons. The minimum absolute atomic E-state index is 0.0293. The minimum Gasteiger partial charge on any atom is -0.356 e. The molecule has 1 rings (SSSR count). The van der Waals surface area contributed by atoms with Crippen LogP contribution in [0.25, 0.3) is 0 Å². The van der Waals surface area contributed by atoms with E-state index in [2.05, 4.69) is 49.5 Å². The summed E-state index contributed by atoms with van der Waals surface area (Å²) in [7, 11) is 3.89. The number of rotatable bonds is 12. The van der Waals surface area contributed by atoms with Crippen molar-refractivity contribution in [1.82, 2.24) is 42.5 Å². The number of nitrogens with two attached hydrogens (primary N) is 1. The molecule has 34 heavy (non-hydrogen) atoms. The maximum Gasteiger partial charge on any atom is 0.220 e. The fraction of sp³-hybridized carbons (Fsp3) is 0.913. The monoisotopic (exact) mass is 485 g/mol. The summed E-state index contributed by atoms with van der Waals surface area (Å²) in [6, 6.07) is 0. The Morgan fingerprint density at radius 1 is 0.794 bits per heavy atom. The molecule has 0 aromatic rings. The van der Waals surface area contributed by atoms with Crippen molar-refractivity contribution >= 4 is 11.8 Å². The summed E-state index contributed by atoms with van der Waals surface area (Å²) in [6.45, 7) is 11.5. The molecule has 0 unspecified atom stereocenters. The van der Waals surface area contributed by atoms with Crippen LogP contribution in [-0.2, 0) is 9.59 Å². The molecule has 11 heteroatoms. The van der Waals surface area contributed by atoms with Gasteiger partial charge in [-0.3, -0.25) is 9.59 Å². The van der Waals surface area contributed by atoms with Crippen LogP contribution in [0.15, 0.2) is 0 Å². The van der Waals surface area contributed by atoms with Crippen LogP contribution in [0.2, 0.25) is 0 Å². The molecule has 0 saturated carbocycles. The predicted molar refractivity (Wildman–Crippen MR) is 139 cm³/mol. The molecule has 0 aromatic carbocycles. The van der Waals surface area contributed by atoms with Gasteiger partial charge in [0.05, 0.1) is 5.54 Å². The van der Waals surface area contributed by atoms with Crippen molar-refractivity contribution in [3.8, 4) is 0 Å². The van der Waals surface area contributed by atoms with Crippen LogP contribution < -0.4 is 48.3 Å². The number of amides is 2. The van der Waals surface area contributed by atoms with E-state index in [-0.39, 0.29) is 17.2 Å². The Bertz CT molecular complexity index is 547. The Morgan fingerprint density at radius 2 is 1.32 bits per heavy atom. The summed E-state index contributed by atoms with van der Waals surface area (Å²) in [5.41, 5.74) is 5.13. The lowest BCUT2D eigenvalue weighted by molar-refractivity contribution is -0.123. The van der Waals surface area contributed by atoms with E-state index in [1.54, 1.807) is 0 Å². The van der Waals surface area contributed by atoms with E-state index in [0.29, 0.717) is 52.0 Å². The summed E-state index contributed by atoms with van der Waals surface area (Å²) in [5.74, 6) is -0.0628. The van der Waals surface area contributed by atoms with Gasteiger partial charge in [-0.1, -0.05) is 6.92 Å². The molecule has 1 heterocycles. The smallest absolute Gasteiger partial charge is 0.220 e. The maximum absolute atomic E-state index is 12.8. The highest BCUT2D eigenvalue weighted by Gasteiger charge is 2.31. The molecular formula is C23H51N9O2. The lowest BCUT2D eigenvalue weighted by Crippen LogP contribution is -2.65. The third kappa shape index (κ3) is 13.5. The number of carbonyl (C=O) groups is 2. The minimum atomic E-state index is -0.458. The fourth-order valence-corrected chi connectivity index (χ4v) is 4.25. The van der Waals surface area contributed by atoms with Crippen LogP contribution in [0.3, 0.4) is 0 Å². The third-order valence-electron chi connectivity index (χ3n) is 6.02. The van der Waals surface area contributed by atoms with Crippen LogP contribution in [0.1, 0.15) is 32.6 Å². The lowest BCUT2D eigenvalue weighted by Gasteiger charge is -2.36. The van der Waals surface area contributed by atoms with Gasteiger partial charge in [-0.05, 0) is 33.5 Å². The van der Waals surface area contributed by atoms with Gasteiger partial charge in [0.1, 0.15) is 0 Å². The Morgan fingerprint density at radius 3 is 1.85 bits per heavy atom. The summed E-state index contributed by atoms with van der Waals surface area (Å²) in [5, 5.41) is 26.8. The number of likely N-dealkylation sites (N-methyl/N-ethyl adjacent to an activating group) is 1. The molecule has 0 aromatic heterocycles. The van der Waals surface area contributed by atoms with E-state index < -0.39 is 5.54 Å². The van der Waals surface area contributed by atoms with Crippen molar-refractivity contribution in [2.45, 2.75) is 38.1 Å². The van der Waals surface area contributed by atoms with Gasteiger partial charge in [-0.2, -0.15) is 0 Å². The van der Waals surface area contributed by atoms with Gasteiger partial charge in [-0.25, -0.2) is 0 Å². The first kappa shape index (κ1) is 30.7. The van der Waals surface area contributed by atoms with Crippen molar-refractivity contribution in [3.63, 3.8) is 0 Å². The van der Waals surface area contributed by atoms with Crippen molar-refractivity contribution < 1.29 is 9.59 Å². The van der Waals surface area contributed by atoms with Gasteiger partial charge in [-0.15, -0.1) is 0 Å². The highest BCUT2D eigenvalue weighted by Crippen LogP contribution is 2.12. The number of nitrogens with one attached hydrogen (secondary N) is 8. The van der Waals surface area contributed by atoms with Crippen molar-refractivity contribution in [3.05, 3.63) is 0 Å². The summed E-state index contributed by atoms with van der Waals surface area (Å²) in [6.07, 6.45) is 1.95. The number of hydrogen-bond donors (Lipinski definition) is 9. The first-order valence-corrected chi connectivity index (χ1v) is 12.8. The fourth-order valence-electron chi connectivity index (χ4n) is 4.25. The zero-order valence-corrected chi connectivity index (χ0v) is 21.7. The normalized spacial score (nSPS) is 25.3. The van der Waals surface area contributed by atoms with Crippen LogP contribution in [0.4, 0.5) is 0 Å². The standard InChI is InChI=1S/C23H51N9O2/c1-22(14-25-2)15-27-10-12-29-18-23(17-26-3,19-30-13-11-28-16-22)32-21(34)7-4-6-20(33)31-9-5-8-24/h25-30H,4-19,24H2,1-3H3,(H,31,33)(H,32,34)/t22-,23-. The third-order valence-corrected chi connectivity index (χ3v) is 6.02. The van der Waals surface area contributed by atoms with E-state index in [0.717, 1.165) is 52.2 Å². The average molecular weight is 486 g/mol. The van der Waals surface area contributed by atoms with Gasteiger partial charge in [0.25, 0.3) is 0 Å². The molecule has 1 aliphatic heterocycles. The number of hydrogen-bond acceptors (Lipinski definition) is 9. The van der Waals surface area contributed by atoms with Gasteiger partial charge >= 0.3 is 0 Å². The van der Waals surface area contributed by atoms with E-state index >= 15 is 0 Å². The molecule has 11 nitrogen and oxygen atoms in total. The second kappa shape index (κ2) is 18.0. The van der Waals surface area contributed by atoms with Crippen LogP contribution in [0, 0.1) is 5.41 Å². The molecule has 1 saturated heterocycles. The quantitative estimate of drug-likeness (QED) is 0.134. The lowest BCUT2D eigenvalue weighted by atomic mass is 9.90. The van der Waals surface area contributed by atoms with E-state index in [4.69, 9.17) is 5.73 Å². The Balaban J connectivity index is 2.60. The molecule has 1 fully saturated rings. The highest BCUT2D eigenvalue weighted by atomic mass is 16.2. The molecule has 0 bridgehead atoms. The summed E-state index contributed by atoms with van der Waals surface area (Å²) < 4.78 is 0. The van der Waals surface area contributed by atoms with Crippen LogP contribution in [-0.4, -0.2) is 110 Å². The second-order valence-electron chi connectivity index (χ2n) is 9.75. The molecule has 0 radical (unpaired) electrons. The van der Waals surface area contributed by atoms with E-state index in [1.165, 1.54) is 0 Å². The topological polar surface area (TPSA) is 156 Å². The Hall–Kier alpha value is -1.34. The zero-order valence-electron chi connectivity index (χ0n) is 21.7. The van der Waals surface area contributed by atoms with Crippen molar-refractivity contribution in [2.75, 3.05) is 92.6 Å². The molecule has 0 atom stereocenters. The molecule has 10 N–H and O–H groups in total. The summed E-state index contributed by atoms with van der Waals surface area (Å²) in [4.78, 5) is 24.6. The first-order valence-electron chi connectivity index (χ1n) is 12.8.